The number of rotatable bonds is 4. The highest BCUT2D eigenvalue weighted by Gasteiger charge is 2.46. The first-order valence-corrected chi connectivity index (χ1v) is 7.63. The first kappa shape index (κ1) is 15.7. The molecule has 112 valence electrons. The van der Waals surface area contributed by atoms with E-state index in [9.17, 15) is 14.4 Å². The zero-order valence-electron chi connectivity index (χ0n) is 11.8. The van der Waals surface area contributed by atoms with E-state index in [1.165, 1.54) is 0 Å². The van der Waals surface area contributed by atoms with Gasteiger partial charge in [-0.25, -0.2) is 4.79 Å². The summed E-state index contributed by atoms with van der Waals surface area (Å²) in [5.41, 5.74) is -0.286. The number of hydrogen-bond donors (Lipinski definition) is 2. The largest absolute Gasteiger partial charge is 0.325 e. The van der Waals surface area contributed by atoms with Crippen LogP contribution in [0.25, 0.3) is 0 Å². The Morgan fingerprint density at radius 2 is 1.95 bits per heavy atom. The van der Waals surface area contributed by atoms with Crippen LogP contribution in [0, 0.1) is 3.57 Å². The van der Waals surface area contributed by atoms with Gasteiger partial charge in [0.2, 0.25) is 5.91 Å². The Balaban J connectivity index is 2.01. The van der Waals surface area contributed by atoms with Gasteiger partial charge in [-0.05, 0) is 60.2 Å². The van der Waals surface area contributed by atoms with E-state index in [2.05, 4.69) is 33.2 Å². The Hall–Kier alpha value is -1.64. The lowest BCUT2D eigenvalue weighted by molar-refractivity contribution is -0.133. The molecule has 21 heavy (non-hydrogen) atoms. The van der Waals surface area contributed by atoms with Crippen molar-refractivity contribution in [2.24, 2.45) is 0 Å². The van der Waals surface area contributed by atoms with Crippen molar-refractivity contribution >= 4 is 46.1 Å². The van der Waals surface area contributed by atoms with E-state index in [1.807, 2.05) is 19.1 Å². The highest BCUT2D eigenvalue weighted by atomic mass is 127. The Bertz CT molecular complexity index is 588. The maximum atomic E-state index is 12.2. The minimum absolute atomic E-state index is 0.285. The zero-order chi connectivity index (χ0) is 15.6. The molecule has 1 aromatic carbocycles. The van der Waals surface area contributed by atoms with Crippen LogP contribution in [-0.2, 0) is 9.59 Å². The molecule has 0 radical (unpaired) electrons. The van der Waals surface area contributed by atoms with Crippen LogP contribution in [0.15, 0.2) is 24.3 Å². The molecular weight excluding hydrogens is 385 g/mol. The third-order valence-corrected chi connectivity index (χ3v) is 4.20. The summed E-state index contributed by atoms with van der Waals surface area (Å²) in [6.07, 6.45) is 0.479. The Kier molecular flexibility index (Phi) is 4.50. The molecule has 0 spiro atoms. The zero-order valence-corrected chi connectivity index (χ0v) is 13.9. The molecule has 4 amide bonds. The number of imide groups is 1. The van der Waals surface area contributed by atoms with Crippen LogP contribution in [0.2, 0.25) is 0 Å². The third kappa shape index (κ3) is 3.34. The lowest BCUT2D eigenvalue weighted by Gasteiger charge is -2.19. The van der Waals surface area contributed by atoms with E-state index in [0.29, 0.717) is 12.1 Å². The number of hydrogen-bond acceptors (Lipinski definition) is 3. The van der Waals surface area contributed by atoms with Crippen molar-refractivity contribution in [3.05, 3.63) is 27.8 Å². The van der Waals surface area contributed by atoms with Crippen LogP contribution in [0.5, 0.6) is 0 Å². The van der Waals surface area contributed by atoms with Gasteiger partial charge < -0.3 is 10.6 Å². The summed E-state index contributed by atoms with van der Waals surface area (Å²) in [6, 6.07) is 6.72. The monoisotopic (exact) mass is 401 g/mol. The summed E-state index contributed by atoms with van der Waals surface area (Å²) in [4.78, 5) is 36.9. The van der Waals surface area contributed by atoms with Crippen LogP contribution in [0.1, 0.15) is 20.3 Å². The Morgan fingerprint density at radius 1 is 1.33 bits per heavy atom. The molecule has 0 saturated carbocycles. The van der Waals surface area contributed by atoms with Crippen molar-refractivity contribution in [3.63, 3.8) is 0 Å². The van der Waals surface area contributed by atoms with Gasteiger partial charge in [-0.3, -0.25) is 14.5 Å². The topological polar surface area (TPSA) is 78.5 Å². The minimum atomic E-state index is -0.916. The fourth-order valence-corrected chi connectivity index (χ4v) is 2.37. The van der Waals surface area contributed by atoms with Crippen LogP contribution >= 0.6 is 22.6 Å². The van der Waals surface area contributed by atoms with Crippen LogP contribution in [0.3, 0.4) is 0 Å². The molecule has 1 aliphatic rings. The van der Waals surface area contributed by atoms with E-state index >= 15 is 0 Å². The summed E-state index contributed by atoms with van der Waals surface area (Å²) in [5, 5.41) is 5.28. The average Bonchev–Trinajstić information content (AvgIpc) is 2.66. The number of urea groups is 1. The molecule has 1 fully saturated rings. The third-order valence-electron chi connectivity index (χ3n) is 3.48. The molecule has 1 saturated heterocycles. The predicted molar refractivity (Wildman–Crippen MR) is 86.7 cm³/mol. The average molecular weight is 401 g/mol. The molecular formula is C14H16IN3O3. The predicted octanol–water partition coefficient (Wildman–Crippen LogP) is 1.95. The van der Waals surface area contributed by atoms with Gasteiger partial charge in [-0.2, -0.15) is 0 Å². The van der Waals surface area contributed by atoms with Gasteiger partial charge in [-0.1, -0.05) is 6.92 Å². The maximum absolute atomic E-state index is 12.2. The molecule has 1 aliphatic heterocycles. The number of benzene rings is 1. The number of halogens is 1. The van der Waals surface area contributed by atoms with Gasteiger partial charge in [-0.15, -0.1) is 0 Å². The number of carbonyl (C=O) groups is 3. The van der Waals surface area contributed by atoms with Gasteiger partial charge in [0.25, 0.3) is 5.91 Å². The quantitative estimate of drug-likeness (QED) is 0.598. The van der Waals surface area contributed by atoms with E-state index < -0.39 is 17.5 Å². The molecule has 0 bridgehead atoms. The highest BCUT2D eigenvalue weighted by Crippen LogP contribution is 2.20. The number of amides is 4. The lowest BCUT2D eigenvalue weighted by Crippen LogP contribution is -2.44. The van der Waals surface area contributed by atoms with Crippen molar-refractivity contribution in [3.8, 4) is 0 Å². The van der Waals surface area contributed by atoms with Crippen LogP contribution in [0.4, 0.5) is 10.5 Å². The Labute approximate surface area is 136 Å². The van der Waals surface area contributed by atoms with E-state index in [0.717, 1.165) is 8.47 Å². The smallest absolute Gasteiger partial charge is 0.325 e. The molecule has 0 aliphatic carbocycles. The maximum Gasteiger partial charge on any atom is 0.325 e. The van der Waals surface area contributed by atoms with Crippen molar-refractivity contribution in [2.75, 3.05) is 11.9 Å². The molecule has 7 heteroatoms. The first-order chi connectivity index (χ1) is 9.85. The molecule has 2 N–H and O–H groups in total. The SMILES string of the molecule is CC[C@]1(C)NC(=O)N(CC(=O)Nc2ccc(I)cc2)C1=O. The standard InChI is InChI=1S/C14H16IN3O3/c1-3-14(2)12(20)18(13(21)17-14)8-11(19)16-10-6-4-9(15)5-7-10/h4-7H,3,8H2,1-2H3,(H,16,19)(H,17,21)/t14-/m0/s1. The second-order valence-electron chi connectivity index (χ2n) is 5.06. The number of anilines is 1. The molecule has 2 rings (SSSR count). The van der Waals surface area contributed by atoms with E-state index in [4.69, 9.17) is 0 Å². The highest BCUT2D eigenvalue weighted by molar-refractivity contribution is 14.1. The first-order valence-electron chi connectivity index (χ1n) is 6.55. The summed E-state index contributed by atoms with van der Waals surface area (Å²) in [7, 11) is 0. The number of nitrogens with zero attached hydrogens (tertiary/aromatic N) is 1. The van der Waals surface area contributed by atoms with Gasteiger partial charge in [0, 0.05) is 9.26 Å². The molecule has 6 nitrogen and oxygen atoms in total. The van der Waals surface area contributed by atoms with Gasteiger partial charge in [0.15, 0.2) is 0 Å². The van der Waals surface area contributed by atoms with Gasteiger partial charge in [0.05, 0.1) is 0 Å². The number of carbonyl (C=O) groups excluding carboxylic acids is 3. The Morgan fingerprint density at radius 3 is 2.48 bits per heavy atom. The van der Waals surface area contributed by atoms with E-state index in [-0.39, 0.29) is 12.5 Å². The molecule has 0 aromatic heterocycles. The van der Waals surface area contributed by atoms with Crippen molar-refractivity contribution in [2.45, 2.75) is 25.8 Å². The molecule has 1 aromatic rings. The number of nitrogens with one attached hydrogen (secondary N) is 2. The lowest BCUT2D eigenvalue weighted by atomic mass is 9.99. The van der Waals surface area contributed by atoms with Gasteiger partial charge >= 0.3 is 6.03 Å². The second kappa shape index (κ2) is 6.00. The van der Waals surface area contributed by atoms with Crippen LogP contribution in [-0.4, -0.2) is 34.8 Å². The minimum Gasteiger partial charge on any atom is -0.325 e. The van der Waals surface area contributed by atoms with E-state index in [1.54, 1.807) is 19.1 Å². The normalized spacial score (nSPS) is 21.4. The summed E-state index contributed by atoms with van der Waals surface area (Å²) in [5.74, 6) is -0.771. The second-order valence-corrected chi connectivity index (χ2v) is 6.31. The van der Waals surface area contributed by atoms with Crippen molar-refractivity contribution in [1.29, 1.82) is 0 Å². The summed E-state index contributed by atoms with van der Waals surface area (Å²) in [6.45, 7) is 3.18. The molecule has 1 heterocycles. The van der Waals surface area contributed by atoms with Gasteiger partial charge in [0.1, 0.15) is 12.1 Å². The van der Waals surface area contributed by atoms with Crippen molar-refractivity contribution < 1.29 is 14.4 Å². The van der Waals surface area contributed by atoms with Crippen LogP contribution < -0.4 is 10.6 Å². The fourth-order valence-electron chi connectivity index (χ4n) is 2.01. The molecule has 1 atom stereocenters. The van der Waals surface area contributed by atoms with Crippen molar-refractivity contribution in [1.82, 2.24) is 10.2 Å². The fraction of sp³-hybridized carbons (Fsp3) is 0.357. The molecule has 0 unspecified atom stereocenters. The summed E-state index contributed by atoms with van der Waals surface area (Å²) < 4.78 is 1.05. The summed E-state index contributed by atoms with van der Waals surface area (Å²) >= 11 is 2.17.